The van der Waals surface area contributed by atoms with E-state index in [-0.39, 0.29) is 18.0 Å². The molecule has 0 unspecified atom stereocenters. The molecule has 0 saturated carbocycles. The topological polar surface area (TPSA) is 81.6 Å². The summed E-state index contributed by atoms with van der Waals surface area (Å²) in [7, 11) is 1.54. The van der Waals surface area contributed by atoms with Crippen molar-refractivity contribution < 1.29 is 15.0 Å². The van der Waals surface area contributed by atoms with Gasteiger partial charge in [0.15, 0.2) is 0 Å². The Hall–Kier alpha value is -2.17. The Balaban J connectivity index is 2.55. The Labute approximate surface area is 93.4 Å². The fourth-order valence-electron chi connectivity index (χ4n) is 1.18. The molecular weight excluding hydrogens is 208 g/mol. The minimum Gasteiger partial charge on any atom is -0.513 e. The van der Waals surface area contributed by atoms with Crippen molar-refractivity contribution in [3.05, 3.63) is 41.8 Å². The van der Waals surface area contributed by atoms with E-state index in [0.29, 0.717) is 6.26 Å². The van der Waals surface area contributed by atoms with E-state index in [9.17, 15) is 9.90 Å². The molecule has 5 nitrogen and oxygen atoms in total. The molecule has 0 radical (unpaired) electrons. The molecule has 16 heavy (non-hydrogen) atoms. The van der Waals surface area contributed by atoms with E-state index in [4.69, 9.17) is 5.11 Å². The van der Waals surface area contributed by atoms with Crippen LogP contribution in [-0.2, 0) is 11.3 Å². The number of carbonyl (C=O) groups is 1. The maximum Gasteiger partial charge on any atom is 0.270 e. The third-order valence-corrected chi connectivity index (χ3v) is 2.01. The zero-order valence-electron chi connectivity index (χ0n) is 8.90. The number of hydrogen-bond donors (Lipinski definition) is 4. The van der Waals surface area contributed by atoms with Gasteiger partial charge in [-0.2, -0.15) is 0 Å². The molecule has 0 saturated heterocycles. The summed E-state index contributed by atoms with van der Waals surface area (Å²) in [6.45, 7) is 0.284. The molecule has 0 spiro atoms. The van der Waals surface area contributed by atoms with Crippen molar-refractivity contribution in [3.8, 4) is 5.75 Å². The lowest BCUT2D eigenvalue weighted by Crippen LogP contribution is -2.29. The first-order valence-electron chi connectivity index (χ1n) is 4.75. The number of aromatic hydroxyl groups is 1. The average Bonchev–Trinajstić information content (AvgIpc) is 2.28. The van der Waals surface area contributed by atoms with Crippen LogP contribution in [-0.4, -0.2) is 23.2 Å². The van der Waals surface area contributed by atoms with Crippen molar-refractivity contribution in [2.24, 2.45) is 0 Å². The van der Waals surface area contributed by atoms with Crippen molar-refractivity contribution in [2.75, 3.05) is 7.05 Å². The summed E-state index contributed by atoms with van der Waals surface area (Å²) in [4.78, 5) is 11.4. The minimum absolute atomic E-state index is 0.0835. The minimum atomic E-state index is -0.409. The Morgan fingerprint density at radius 1 is 1.50 bits per heavy atom. The Kier molecular flexibility index (Phi) is 4.20. The lowest BCUT2D eigenvalue weighted by Gasteiger charge is -2.07. The highest BCUT2D eigenvalue weighted by Crippen LogP contribution is 2.10. The number of hydrogen-bond acceptors (Lipinski definition) is 4. The van der Waals surface area contributed by atoms with Gasteiger partial charge in [-0.15, -0.1) is 0 Å². The van der Waals surface area contributed by atoms with Gasteiger partial charge in [0, 0.05) is 13.6 Å². The molecule has 1 aromatic rings. The normalized spacial score (nSPS) is 10.9. The second-order valence-corrected chi connectivity index (χ2v) is 3.15. The van der Waals surface area contributed by atoms with Gasteiger partial charge in [0.2, 0.25) is 0 Å². The lowest BCUT2D eigenvalue weighted by molar-refractivity contribution is -0.118. The monoisotopic (exact) mass is 222 g/mol. The number of aliphatic hydroxyl groups is 1. The first kappa shape index (κ1) is 11.9. The average molecular weight is 222 g/mol. The number of rotatable bonds is 4. The predicted octanol–water partition coefficient (Wildman–Crippen LogP) is 0.627. The maximum atomic E-state index is 11.4. The van der Waals surface area contributed by atoms with Gasteiger partial charge in [0.05, 0.1) is 0 Å². The van der Waals surface area contributed by atoms with Crippen LogP contribution in [0.25, 0.3) is 0 Å². The first-order valence-corrected chi connectivity index (χ1v) is 4.75. The fourth-order valence-corrected chi connectivity index (χ4v) is 1.18. The second kappa shape index (κ2) is 5.65. The van der Waals surface area contributed by atoms with Crippen LogP contribution in [0.5, 0.6) is 5.75 Å². The van der Waals surface area contributed by atoms with E-state index in [1.54, 1.807) is 24.3 Å². The highest BCUT2D eigenvalue weighted by molar-refractivity contribution is 5.92. The molecule has 5 heteroatoms. The molecule has 1 amide bonds. The van der Waals surface area contributed by atoms with E-state index < -0.39 is 5.91 Å². The van der Waals surface area contributed by atoms with Crippen LogP contribution < -0.4 is 10.6 Å². The van der Waals surface area contributed by atoms with Crippen molar-refractivity contribution >= 4 is 5.91 Å². The third-order valence-electron chi connectivity index (χ3n) is 2.01. The number of nitrogens with one attached hydrogen (secondary N) is 2. The second-order valence-electron chi connectivity index (χ2n) is 3.15. The third kappa shape index (κ3) is 3.20. The quantitative estimate of drug-likeness (QED) is 0.445. The Morgan fingerprint density at radius 2 is 2.25 bits per heavy atom. The standard InChI is InChI=1S/C11H14N2O3/c1-12-10(7-14)11(16)13-6-8-3-2-4-9(15)5-8/h2-5,7,12,14-15H,6H2,1H3,(H,13,16)/b10-7-. The summed E-state index contributed by atoms with van der Waals surface area (Å²) >= 11 is 0. The maximum absolute atomic E-state index is 11.4. The molecule has 0 aliphatic rings. The van der Waals surface area contributed by atoms with E-state index in [1.807, 2.05) is 0 Å². The smallest absolute Gasteiger partial charge is 0.270 e. The van der Waals surface area contributed by atoms with E-state index in [2.05, 4.69) is 10.6 Å². The summed E-state index contributed by atoms with van der Waals surface area (Å²) in [5.41, 5.74) is 0.863. The summed E-state index contributed by atoms with van der Waals surface area (Å²) in [5, 5.41) is 23.1. The highest BCUT2D eigenvalue weighted by Gasteiger charge is 2.06. The SMILES string of the molecule is CN/C(=C\O)C(=O)NCc1cccc(O)c1. The molecule has 4 N–H and O–H groups in total. The van der Waals surface area contributed by atoms with Crippen LogP contribution in [0.3, 0.4) is 0 Å². The van der Waals surface area contributed by atoms with Gasteiger partial charge in [-0.25, -0.2) is 0 Å². The van der Waals surface area contributed by atoms with Crippen LogP contribution in [0.1, 0.15) is 5.56 Å². The van der Waals surface area contributed by atoms with Gasteiger partial charge in [-0.05, 0) is 17.7 Å². The van der Waals surface area contributed by atoms with Gasteiger partial charge >= 0.3 is 0 Å². The number of phenols is 1. The van der Waals surface area contributed by atoms with Gasteiger partial charge in [-0.1, -0.05) is 12.1 Å². The zero-order chi connectivity index (χ0) is 12.0. The Morgan fingerprint density at radius 3 is 2.81 bits per heavy atom. The van der Waals surface area contributed by atoms with Crippen molar-refractivity contribution in [2.45, 2.75) is 6.54 Å². The van der Waals surface area contributed by atoms with E-state index >= 15 is 0 Å². The van der Waals surface area contributed by atoms with Gasteiger partial charge < -0.3 is 20.8 Å². The van der Waals surface area contributed by atoms with Gasteiger partial charge in [-0.3, -0.25) is 4.79 Å². The molecule has 1 aromatic carbocycles. The summed E-state index contributed by atoms with van der Waals surface area (Å²) in [6.07, 6.45) is 0.706. The Bertz CT molecular complexity index is 402. The molecule has 0 heterocycles. The molecule has 0 aliphatic carbocycles. The van der Waals surface area contributed by atoms with E-state index in [0.717, 1.165) is 5.56 Å². The molecule has 0 aliphatic heterocycles. The van der Waals surface area contributed by atoms with Gasteiger partial charge in [0.25, 0.3) is 5.91 Å². The molecule has 0 fully saturated rings. The van der Waals surface area contributed by atoms with Crippen molar-refractivity contribution in [3.63, 3.8) is 0 Å². The lowest BCUT2D eigenvalue weighted by atomic mass is 10.2. The highest BCUT2D eigenvalue weighted by atomic mass is 16.3. The first-order chi connectivity index (χ1) is 7.67. The number of likely N-dealkylation sites (N-methyl/N-ethyl adjacent to an activating group) is 1. The van der Waals surface area contributed by atoms with E-state index in [1.165, 1.54) is 7.05 Å². The molecule has 86 valence electrons. The van der Waals surface area contributed by atoms with Crippen molar-refractivity contribution in [1.29, 1.82) is 0 Å². The molecule has 0 aromatic heterocycles. The summed E-state index contributed by atoms with van der Waals surface area (Å²) in [6, 6.07) is 6.58. The summed E-state index contributed by atoms with van der Waals surface area (Å²) < 4.78 is 0. The van der Waals surface area contributed by atoms with Crippen LogP contribution >= 0.6 is 0 Å². The van der Waals surface area contributed by atoms with Crippen LogP contribution in [0, 0.1) is 0 Å². The number of phenolic OH excluding ortho intramolecular Hbond substituents is 1. The largest absolute Gasteiger partial charge is 0.513 e. The van der Waals surface area contributed by atoms with Crippen LogP contribution in [0.4, 0.5) is 0 Å². The number of carbonyl (C=O) groups excluding carboxylic acids is 1. The zero-order valence-corrected chi connectivity index (χ0v) is 8.90. The van der Waals surface area contributed by atoms with Crippen molar-refractivity contribution in [1.82, 2.24) is 10.6 Å². The molecular formula is C11H14N2O3. The molecule has 0 bridgehead atoms. The number of benzene rings is 1. The number of amides is 1. The molecule has 1 rings (SSSR count). The number of aliphatic hydroxyl groups excluding tert-OH is 1. The summed E-state index contributed by atoms with van der Waals surface area (Å²) in [5.74, 6) is -0.258. The van der Waals surface area contributed by atoms with Crippen LogP contribution in [0.15, 0.2) is 36.2 Å². The van der Waals surface area contributed by atoms with Crippen LogP contribution in [0.2, 0.25) is 0 Å². The fraction of sp³-hybridized carbons (Fsp3) is 0.182. The molecule has 0 atom stereocenters. The predicted molar refractivity (Wildman–Crippen MR) is 59.7 cm³/mol. The van der Waals surface area contributed by atoms with Gasteiger partial charge in [0.1, 0.15) is 17.7 Å².